The first kappa shape index (κ1) is 95.3. The monoisotopic (exact) mass is 1720 g/mol. The lowest BCUT2D eigenvalue weighted by atomic mass is 10.1. The van der Waals surface area contributed by atoms with Crippen LogP contribution in [0, 0.1) is 0 Å². The smallest absolute Gasteiger partial charge is 0.326 e. The molecule has 0 aliphatic carbocycles. The second-order valence-electron chi connectivity index (χ2n) is 27.2. The van der Waals surface area contributed by atoms with Crippen molar-refractivity contribution >= 4 is 166 Å². The van der Waals surface area contributed by atoms with Gasteiger partial charge in [0.25, 0.3) is 35.4 Å². The van der Waals surface area contributed by atoms with E-state index in [9.17, 15) is 110 Å². The summed E-state index contributed by atoms with van der Waals surface area (Å²) in [4.78, 5) is 281. The molecule has 0 aromatic heterocycles. The van der Waals surface area contributed by atoms with E-state index in [-0.39, 0.29) is 107 Å². The van der Waals surface area contributed by atoms with Crippen molar-refractivity contribution in [3.63, 3.8) is 0 Å². The first-order valence-electron chi connectivity index (χ1n) is 37.9. The van der Waals surface area contributed by atoms with Crippen LogP contribution < -0.4 is 37.2 Å². The summed E-state index contributed by atoms with van der Waals surface area (Å²) >= 11 is 3.94. The van der Waals surface area contributed by atoms with Gasteiger partial charge in [0.15, 0.2) is 0 Å². The molecule has 122 heavy (non-hydrogen) atoms. The number of carboxylic acid groups (broad SMARTS) is 2. The van der Waals surface area contributed by atoms with E-state index in [1.807, 2.05) is 0 Å². The van der Waals surface area contributed by atoms with Crippen LogP contribution in [0.1, 0.15) is 61.6 Å². The maximum absolute atomic E-state index is 13.0. The number of ether oxygens (including phenoxy) is 3. The maximum Gasteiger partial charge on any atom is 0.326 e. The minimum atomic E-state index is -1.37. The number of rotatable bonds is 45. The second-order valence-corrected chi connectivity index (χ2v) is 27.6. The van der Waals surface area contributed by atoms with E-state index in [4.69, 9.17) is 24.4 Å². The van der Waals surface area contributed by atoms with Crippen molar-refractivity contribution in [3.8, 4) is 0 Å². The van der Waals surface area contributed by atoms with E-state index in [0.717, 1.165) is 77.6 Å². The molecule has 0 spiro atoms. The van der Waals surface area contributed by atoms with Gasteiger partial charge < -0.3 is 71.4 Å². The number of nitrogens with one attached hydrogen (secondary N) is 7. The number of nitrogens with zero attached hydrogens (tertiary/aromatic N) is 8. The summed E-state index contributed by atoms with van der Waals surface area (Å²) in [6, 6.07) is 19.2. The SMILES string of the molecule is O=C(CN(CC(=O)NCCN1C(=O)C=CC1=O)C(=O)COCC(=O)Nc1ccc(CCC(=O)N2CCC2=O)cc1)NCCN1C(=O)C=CC1=O.O=C(COCC(=O)NC(CCS)C(=O)O)Nc1ccc(CCC(=O)N2CCC2=O)cc1.O=C(O)CN(CC(=O)NCCN1C(=O)C=CC1=O)C(=O)COCC(=O)Nc1ccc(CCC(=O)N2CCC2=O)cc1. The number of aryl methyl sites for hydroxylation is 3. The molecular formula is C78H89N15O28S. The minimum absolute atomic E-state index is 0.0924. The topological polar surface area (TPSA) is 571 Å². The average molecular weight is 1720 g/mol. The number of hydrogen-bond donors (Lipinski definition) is 10. The van der Waals surface area contributed by atoms with Crippen molar-refractivity contribution < 1.29 is 135 Å². The number of likely N-dealkylation sites (tertiary alicyclic amines) is 3. The van der Waals surface area contributed by atoms with Crippen LogP contribution in [0.2, 0.25) is 0 Å². The van der Waals surface area contributed by atoms with Crippen LogP contribution in [0.4, 0.5) is 17.1 Å². The van der Waals surface area contributed by atoms with E-state index in [1.54, 1.807) is 72.8 Å². The van der Waals surface area contributed by atoms with E-state index in [0.29, 0.717) is 81.0 Å². The summed E-state index contributed by atoms with van der Waals surface area (Å²) < 4.78 is 15.4. The highest BCUT2D eigenvalue weighted by molar-refractivity contribution is 7.80. The van der Waals surface area contributed by atoms with Gasteiger partial charge in [-0.05, 0) is 84.5 Å². The summed E-state index contributed by atoms with van der Waals surface area (Å²) in [5, 5.41) is 35.5. The van der Waals surface area contributed by atoms with Crippen LogP contribution in [0.5, 0.6) is 0 Å². The number of aliphatic carboxylic acids is 2. The highest BCUT2D eigenvalue weighted by Crippen LogP contribution is 2.19. The third kappa shape index (κ3) is 31.8. The zero-order chi connectivity index (χ0) is 89.0. The number of carbonyl (C=O) groups excluding carboxylic acids is 21. The molecule has 6 heterocycles. The van der Waals surface area contributed by atoms with Crippen molar-refractivity contribution in [2.75, 3.05) is 146 Å². The Hall–Kier alpha value is -13.9. The standard InChI is InChI=1S/C32H35N7O11.C26H29N5O10.C20H25N3O7S/c40-23(33-12-15-38-27(44)7-8-28(38)45)17-36(18-24(41)34-13-16-39-29(46)9-10-30(39)47)32(49)20-50-19-25(42)35-22-4-1-21(2-5-22)3-6-26(43)37-14-11-31(37)48;32-19(27-10-12-31-22(35)7-8-23(31)36)13-29(14-26(39)40)25(38)16-41-15-20(33)28-18-4-1-17(2-5-18)3-6-21(34)30-11-9-24(30)37;24-16(11-30-12-17(25)22-15(8-10-31)20(28)29)21-14-4-1-13(2-5-14)3-6-18(26)23-9-7-19(23)27/h1-2,4-5,7-10H,3,6,11-20H2,(H,33,40)(H,34,41)(H,35,42);1-2,4-5,7-8H,3,6,9-16H2,(H,27,32)(H,28,33)(H,39,40);1-2,4-5,15,31H,3,6-12H2,(H,21,24)(H,22,25)(H,28,29). The van der Waals surface area contributed by atoms with E-state index in [1.165, 1.54) is 14.7 Å². The third-order valence-electron chi connectivity index (χ3n) is 18.2. The fourth-order valence-corrected chi connectivity index (χ4v) is 11.7. The minimum Gasteiger partial charge on any atom is -0.480 e. The molecule has 1 unspecified atom stereocenters. The first-order valence-corrected chi connectivity index (χ1v) is 38.6. The molecule has 9 N–H and O–H groups in total. The maximum atomic E-state index is 13.0. The summed E-state index contributed by atoms with van der Waals surface area (Å²) in [5.41, 5.74) is 3.93. The highest BCUT2D eigenvalue weighted by Gasteiger charge is 2.34. The Balaban J connectivity index is 0.000000259. The predicted molar refractivity (Wildman–Crippen MR) is 422 cm³/mol. The van der Waals surface area contributed by atoms with E-state index >= 15 is 0 Å². The van der Waals surface area contributed by atoms with Crippen LogP contribution in [-0.2, 0) is 144 Å². The molecular weight excluding hydrogens is 1630 g/mol. The van der Waals surface area contributed by atoms with Gasteiger partial charge in [-0.1, -0.05) is 36.4 Å². The van der Waals surface area contributed by atoms with Crippen molar-refractivity contribution in [2.45, 2.75) is 70.3 Å². The summed E-state index contributed by atoms with van der Waals surface area (Å²) in [5.74, 6) is -12.6. The normalized spacial score (nSPS) is 14.4. The number of amides is 21. The van der Waals surface area contributed by atoms with Crippen LogP contribution in [0.3, 0.4) is 0 Å². The van der Waals surface area contributed by atoms with Gasteiger partial charge in [-0.25, -0.2) is 4.79 Å². The molecule has 9 rings (SSSR count). The van der Waals surface area contributed by atoms with Gasteiger partial charge in [0.1, 0.15) is 71.9 Å². The number of hydrogen-bond acceptors (Lipinski definition) is 27. The van der Waals surface area contributed by atoms with Crippen molar-refractivity contribution in [1.82, 2.24) is 60.5 Å². The molecule has 0 bridgehead atoms. The fraction of sp³-hybridized carbons (Fsp3) is 0.397. The average Bonchev–Trinajstić information content (AvgIpc) is 1.34. The predicted octanol–water partition coefficient (Wildman–Crippen LogP) is -4.25. The van der Waals surface area contributed by atoms with Crippen LogP contribution in [0.15, 0.2) is 109 Å². The summed E-state index contributed by atoms with van der Waals surface area (Å²) in [7, 11) is 0. The molecule has 3 aromatic carbocycles. The Bertz CT molecular complexity index is 4500. The van der Waals surface area contributed by atoms with Gasteiger partial charge in [0.2, 0.25) is 88.6 Å². The van der Waals surface area contributed by atoms with Gasteiger partial charge >= 0.3 is 11.9 Å². The van der Waals surface area contributed by atoms with Crippen molar-refractivity contribution in [2.24, 2.45) is 0 Å². The lowest BCUT2D eigenvalue weighted by Crippen LogP contribution is -2.49. The molecule has 6 aliphatic rings. The number of benzene rings is 3. The van der Waals surface area contributed by atoms with E-state index in [2.05, 4.69) is 49.8 Å². The molecule has 3 saturated heterocycles. The van der Waals surface area contributed by atoms with Gasteiger partial charge in [-0.3, -0.25) is 135 Å². The number of imide groups is 6. The number of carboxylic acids is 2. The molecule has 1 atom stereocenters. The van der Waals surface area contributed by atoms with Gasteiger partial charge in [0, 0.05) is 151 Å². The second kappa shape index (κ2) is 48.2. The molecule has 43 nitrogen and oxygen atoms in total. The molecule has 650 valence electrons. The Morgan fingerprint density at radius 1 is 0.377 bits per heavy atom. The van der Waals surface area contributed by atoms with Crippen molar-refractivity contribution in [1.29, 1.82) is 0 Å². The molecule has 0 saturated carbocycles. The lowest BCUT2D eigenvalue weighted by molar-refractivity contribution is -0.153. The lowest BCUT2D eigenvalue weighted by Gasteiger charge is -2.28. The van der Waals surface area contributed by atoms with Crippen LogP contribution in [-0.4, -0.2) is 322 Å². The van der Waals surface area contributed by atoms with Crippen LogP contribution >= 0.6 is 12.6 Å². The highest BCUT2D eigenvalue weighted by atomic mass is 32.1. The fourth-order valence-electron chi connectivity index (χ4n) is 11.4. The number of anilines is 3. The Labute approximate surface area is 700 Å². The third-order valence-corrected chi connectivity index (χ3v) is 18.5. The summed E-state index contributed by atoms with van der Waals surface area (Å²) in [6.45, 7) is -5.13. The number of carbonyl (C=O) groups is 23. The summed E-state index contributed by atoms with van der Waals surface area (Å²) in [6.07, 6.45) is 9.89. The zero-order valence-corrected chi connectivity index (χ0v) is 66.6. The zero-order valence-electron chi connectivity index (χ0n) is 65.7. The molecule has 0 radical (unpaired) electrons. The largest absolute Gasteiger partial charge is 0.480 e. The Morgan fingerprint density at radius 3 is 0.910 bits per heavy atom. The quantitative estimate of drug-likeness (QED) is 0.0146. The number of thiol groups is 1. The number of β-lactam (4-membered cyclic amide) rings is 3. The molecule has 21 amide bonds. The van der Waals surface area contributed by atoms with Gasteiger partial charge in [0.05, 0.1) is 0 Å². The van der Waals surface area contributed by atoms with Crippen molar-refractivity contribution in [3.05, 3.63) is 126 Å². The first-order chi connectivity index (χ1) is 58.2. The molecule has 6 aliphatic heterocycles. The Kier molecular flexibility index (Phi) is 37.7. The molecule has 3 fully saturated rings. The Morgan fingerprint density at radius 2 is 0.656 bits per heavy atom. The molecule has 3 aromatic rings. The van der Waals surface area contributed by atoms with E-state index < -0.39 is 166 Å². The van der Waals surface area contributed by atoms with Gasteiger partial charge in [-0.2, -0.15) is 12.6 Å². The van der Waals surface area contributed by atoms with Crippen LogP contribution in [0.25, 0.3) is 0 Å². The molecule has 44 heteroatoms. The van der Waals surface area contributed by atoms with Gasteiger partial charge in [-0.15, -0.1) is 0 Å².